The van der Waals surface area contributed by atoms with Crippen molar-refractivity contribution in [3.8, 4) is 0 Å². The van der Waals surface area contributed by atoms with E-state index >= 15 is 0 Å². The van der Waals surface area contributed by atoms with Crippen LogP contribution in [-0.2, 0) is 50.1 Å². The van der Waals surface area contributed by atoms with Gasteiger partial charge in [0.05, 0.1) is 52.5 Å². The van der Waals surface area contributed by atoms with Crippen molar-refractivity contribution in [1.29, 1.82) is 0 Å². The van der Waals surface area contributed by atoms with Crippen molar-refractivity contribution in [3.05, 3.63) is 0 Å². The largest absolute Gasteiger partial charge is 0.472 e. The highest BCUT2D eigenvalue weighted by atomic mass is 31.2. The maximum absolute atomic E-state index is 12.0. The molecule has 4 unspecified atom stereocenters. The van der Waals surface area contributed by atoms with Gasteiger partial charge in [0.2, 0.25) is 0 Å². The summed E-state index contributed by atoms with van der Waals surface area (Å²) in [6.45, 7) is -2.18. The molecule has 21 heteroatoms. The van der Waals surface area contributed by atoms with Crippen LogP contribution in [0.15, 0.2) is 0 Å². The number of phosphoric ester groups is 3. The van der Waals surface area contributed by atoms with Crippen LogP contribution in [0.4, 0.5) is 0 Å². The molecule has 0 fully saturated rings. The average molecular weight is 555 g/mol. The molecule has 6 N–H and O–H groups in total. The van der Waals surface area contributed by atoms with E-state index < -0.39 is 70.2 Å². The second-order valence-corrected chi connectivity index (χ2v) is 11.7. The van der Waals surface area contributed by atoms with Crippen LogP contribution < -0.4 is 5.32 Å². The van der Waals surface area contributed by atoms with E-state index in [9.17, 15) is 28.0 Å². The first-order valence-corrected chi connectivity index (χ1v) is 15.2. The predicted molar refractivity (Wildman–Crippen MR) is 107 cm³/mol. The molecule has 0 aliphatic rings. The number of nitrogens with one attached hydrogen (secondary N) is 1. The Morgan fingerprint density at radius 1 is 0.750 bits per heavy atom. The van der Waals surface area contributed by atoms with Crippen molar-refractivity contribution in [2.75, 3.05) is 60.1 Å². The van der Waals surface area contributed by atoms with E-state index in [1.165, 1.54) is 0 Å². The van der Waals surface area contributed by atoms with Crippen LogP contribution in [0.5, 0.6) is 0 Å². The minimum atomic E-state index is -4.78. The molecule has 0 aliphatic carbocycles. The molecule has 0 amide bonds. The second kappa shape index (κ2) is 15.4. The lowest BCUT2D eigenvalue weighted by atomic mass is 10.3. The summed E-state index contributed by atoms with van der Waals surface area (Å²) in [4.78, 5) is 45.3. The molecule has 17 nitrogen and oxygen atoms in total. The molecule has 32 heavy (non-hydrogen) atoms. The van der Waals surface area contributed by atoms with E-state index in [4.69, 9.17) is 23.9 Å². The molecule has 0 spiro atoms. The van der Waals surface area contributed by atoms with Gasteiger partial charge in [-0.2, -0.15) is 0 Å². The van der Waals surface area contributed by atoms with Crippen LogP contribution in [0, 0.1) is 0 Å². The fourth-order valence-corrected chi connectivity index (χ4v) is 4.03. The SMILES string of the molecule is CNCOCCC(COP(=O)(O)OCCOP(=O)(O)O)OP(=O)(O)OCCOP(C)(=O)O. The number of hydrogen-bond donors (Lipinski definition) is 6. The number of rotatable bonds is 20. The minimum absolute atomic E-state index is 0.0196. The zero-order chi connectivity index (χ0) is 24.9. The zero-order valence-electron chi connectivity index (χ0n) is 17.2. The Balaban J connectivity index is 4.70. The number of ether oxygens (including phenoxy) is 1. The van der Waals surface area contributed by atoms with Crippen LogP contribution in [0.3, 0.4) is 0 Å². The molecule has 0 aromatic rings. The maximum Gasteiger partial charge on any atom is 0.472 e. The molecule has 0 aromatic heterocycles. The Morgan fingerprint density at radius 3 is 1.81 bits per heavy atom. The smallest absolute Gasteiger partial charge is 0.366 e. The van der Waals surface area contributed by atoms with Gasteiger partial charge >= 0.3 is 31.1 Å². The normalized spacial score (nSPS) is 19.1. The van der Waals surface area contributed by atoms with Crippen LogP contribution in [-0.4, -0.2) is 90.7 Å². The van der Waals surface area contributed by atoms with Gasteiger partial charge in [-0.3, -0.25) is 32.5 Å². The molecule has 4 atom stereocenters. The summed E-state index contributed by atoms with van der Waals surface area (Å²) in [7, 11) is -16.5. The van der Waals surface area contributed by atoms with Gasteiger partial charge in [-0.15, -0.1) is 0 Å². The quantitative estimate of drug-likeness (QED) is 0.0664. The first-order chi connectivity index (χ1) is 14.6. The lowest BCUT2D eigenvalue weighted by Crippen LogP contribution is -2.23. The van der Waals surface area contributed by atoms with E-state index in [1.54, 1.807) is 7.05 Å². The molecule has 0 rings (SSSR count). The van der Waals surface area contributed by atoms with E-state index in [1.807, 2.05) is 0 Å². The maximum atomic E-state index is 12.0. The van der Waals surface area contributed by atoms with E-state index in [0.717, 1.165) is 6.66 Å². The highest BCUT2D eigenvalue weighted by Gasteiger charge is 2.30. The Hall–Kier alpha value is 0.400. The lowest BCUT2D eigenvalue weighted by molar-refractivity contribution is 0.0239. The van der Waals surface area contributed by atoms with Gasteiger partial charge in [-0.1, -0.05) is 0 Å². The molecular formula is C11H29NO16P4. The summed E-state index contributed by atoms with van der Waals surface area (Å²) < 4.78 is 77.6. The van der Waals surface area contributed by atoms with Gasteiger partial charge in [-0.05, 0) is 13.5 Å². The molecule has 0 saturated heterocycles. The molecule has 0 aromatic carbocycles. The lowest BCUT2D eigenvalue weighted by Gasteiger charge is -2.22. The molecular weight excluding hydrogens is 526 g/mol. The first kappa shape index (κ1) is 32.4. The number of phosphoric acid groups is 3. The summed E-state index contributed by atoms with van der Waals surface area (Å²) in [5.41, 5.74) is 0. The monoisotopic (exact) mass is 555 g/mol. The first-order valence-electron chi connectivity index (χ1n) is 8.70. The Kier molecular flexibility index (Phi) is 15.6. The van der Waals surface area contributed by atoms with E-state index in [0.29, 0.717) is 0 Å². The molecule has 0 saturated carbocycles. The van der Waals surface area contributed by atoms with E-state index in [-0.39, 0.29) is 19.8 Å². The van der Waals surface area contributed by atoms with Crippen LogP contribution in [0.2, 0.25) is 0 Å². The summed E-state index contributed by atoms with van der Waals surface area (Å²) in [6, 6.07) is 0. The zero-order valence-corrected chi connectivity index (χ0v) is 20.8. The third-order valence-electron chi connectivity index (χ3n) is 2.80. The summed E-state index contributed by atoms with van der Waals surface area (Å²) in [6.07, 6.45) is -1.39. The number of hydrogen-bond acceptors (Lipinski definition) is 12. The molecule has 0 radical (unpaired) electrons. The summed E-state index contributed by atoms with van der Waals surface area (Å²) >= 11 is 0. The Morgan fingerprint density at radius 2 is 1.28 bits per heavy atom. The van der Waals surface area contributed by atoms with Gasteiger partial charge in [0, 0.05) is 6.66 Å². The van der Waals surface area contributed by atoms with Crippen LogP contribution >= 0.6 is 31.1 Å². The van der Waals surface area contributed by atoms with Gasteiger partial charge in [0.1, 0.15) is 0 Å². The predicted octanol–water partition coefficient (Wildman–Crippen LogP) is 0.147. The summed E-state index contributed by atoms with van der Waals surface area (Å²) in [5.74, 6) is 0. The van der Waals surface area contributed by atoms with E-state index in [2.05, 4.69) is 27.9 Å². The summed E-state index contributed by atoms with van der Waals surface area (Å²) in [5, 5.41) is 2.68. The van der Waals surface area contributed by atoms with Crippen molar-refractivity contribution < 1.29 is 74.6 Å². The third-order valence-corrected chi connectivity index (χ3v) is 6.04. The van der Waals surface area contributed by atoms with Crippen molar-refractivity contribution in [3.63, 3.8) is 0 Å². The van der Waals surface area contributed by atoms with Crippen molar-refractivity contribution >= 4 is 31.1 Å². The Bertz CT molecular complexity index is 708. The van der Waals surface area contributed by atoms with Gasteiger partial charge in [0.25, 0.3) is 0 Å². The third kappa shape index (κ3) is 21.0. The van der Waals surface area contributed by atoms with Crippen molar-refractivity contribution in [2.24, 2.45) is 0 Å². The average Bonchev–Trinajstić information content (AvgIpc) is 2.62. The van der Waals surface area contributed by atoms with Crippen molar-refractivity contribution in [1.82, 2.24) is 5.32 Å². The topological polar surface area (TPSA) is 246 Å². The fraction of sp³-hybridized carbons (Fsp3) is 1.00. The fourth-order valence-electron chi connectivity index (χ4n) is 1.66. The van der Waals surface area contributed by atoms with Gasteiger partial charge < -0.3 is 33.7 Å². The van der Waals surface area contributed by atoms with Crippen LogP contribution in [0.1, 0.15) is 6.42 Å². The molecule has 0 heterocycles. The molecule has 194 valence electrons. The molecule has 0 bridgehead atoms. The minimum Gasteiger partial charge on any atom is -0.366 e. The standard InChI is InChI=1S/C11H29NO16P4/c1-12-10-22-4-3-11(28-32(20,21)26-7-5-23-29(2,13)14)9-27-31(18,19)25-8-6-24-30(15,16)17/h11-12H,3-10H2,1-2H3,(H,13,14)(H,18,19)(H,20,21)(H2,15,16,17). The Labute approximate surface area is 184 Å². The van der Waals surface area contributed by atoms with Crippen molar-refractivity contribution in [2.45, 2.75) is 12.5 Å². The van der Waals surface area contributed by atoms with Gasteiger partial charge in [-0.25, -0.2) is 13.7 Å². The van der Waals surface area contributed by atoms with Gasteiger partial charge in [0.15, 0.2) is 0 Å². The van der Waals surface area contributed by atoms with Crippen LogP contribution in [0.25, 0.3) is 0 Å². The highest BCUT2D eigenvalue weighted by molar-refractivity contribution is 7.51. The second-order valence-electron chi connectivity index (χ2n) is 5.78. The molecule has 0 aliphatic heterocycles. The highest BCUT2D eigenvalue weighted by Crippen LogP contribution is 2.48.